The Bertz CT molecular complexity index is 221. The lowest BCUT2D eigenvalue weighted by Gasteiger charge is -2.06. The second-order valence-electron chi connectivity index (χ2n) is 4.24. The first-order valence-corrected chi connectivity index (χ1v) is 5.87. The summed E-state index contributed by atoms with van der Waals surface area (Å²) in [4.78, 5) is 26.0. The van der Waals surface area contributed by atoms with Crippen LogP contribution in [0.5, 0.6) is 0 Å². The summed E-state index contributed by atoms with van der Waals surface area (Å²) in [6.45, 7) is 4.95. The zero-order chi connectivity index (χ0) is 15.5. The van der Waals surface area contributed by atoms with Crippen LogP contribution in [0.25, 0.3) is 0 Å². The Kier molecular flexibility index (Phi) is 15.1. The van der Waals surface area contributed by atoms with Gasteiger partial charge in [0, 0.05) is 56.1 Å². The van der Waals surface area contributed by atoms with Gasteiger partial charge >= 0.3 is 0 Å². The van der Waals surface area contributed by atoms with Crippen molar-refractivity contribution in [1.82, 2.24) is 14.7 Å². The molecule has 108 valence electrons. The van der Waals surface area contributed by atoms with Gasteiger partial charge in [-0.1, -0.05) is 12.2 Å². The molecule has 0 N–H and O–H groups in total. The van der Waals surface area contributed by atoms with Crippen molar-refractivity contribution in [1.29, 1.82) is 0 Å². The van der Waals surface area contributed by atoms with Gasteiger partial charge in [-0.2, -0.15) is 0 Å². The second-order valence-corrected chi connectivity index (χ2v) is 4.83. The van der Waals surface area contributed by atoms with Gasteiger partial charge in [-0.15, -0.1) is 0 Å². The van der Waals surface area contributed by atoms with Gasteiger partial charge in [0.25, 0.3) is 0 Å². The largest absolute Gasteiger partial charge is 0.373 e. The van der Waals surface area contributed by atoms with E-state index in [1.165, 1.54) is 23.6 Å². The fraction of sp³-hybridized carbons (Fsp3) is 0.750. The molecule has 0 bridgehead atoms. The minimum atomic E-state index is 0.0926. The molecular weight excluding hydrogens is 250 g/mol. The SMILES string of the molecule is CC(=O)N(C)C.CC(=O)N(C)C.CC(=S)N(C)C. The Labute approximate surface area is 117 Å². The van der Waals surface area contributed by atoms with Gasteiger partial charge in [0.1, 0.15) is 0 Å². The minimum Gasteiger partial charge on any atom is -0.373 e. The lowest BCUT2D eigenvalue weighted by atomic mass is 10.7. The molecule has 0 aliphatic carbocycles. The highest BCUT2D eigenvalue weighted by atomic mass is 32.1. The Morgan fingerprint density at radius 2 is 0.778 bits per heavy atom. The number of carbonyl (C=O) groups excluding carboxylic acids is 2. The summed E-state index contributed by atoms with van der Waals surface area (Å²) in [7, 11) is 10.8. The second kappa shape index (κ2) is 12.3. The van der Waals surface area contributed by atoms with Crippen molar-refractivity contribution in [3.05, 3.63) is 0 Å². The molecule has 18 heavy (non-hydrogen) atoms. The van der Waals surface area contributed by atoms with E-state index in [1.54, 1.807) is 28.2 Å². The van der Waals surface area contributed by atoms with E-state index < -0.39 is 0 Å². The van der Waals surface area contributed by atoms with Gasteiger partial charge in [-0.3, -0.25) is 9.59 Å². The van der Waals surface area contributed by atoms with Crippen LogP contribution in [-0.4, -0.2) is 73.8 Å². The third-order valence-electron chi connectivity index (χ3n) is 1.89. The van der Waals surface area contributed by atoms with Crippen molar-refractivity contribution < 1.29 is 9.59 Å². The molecule has 0 fully saturated rings. The maximum absolute atomic E-state index is 10.1. The van der Waals surface area contributed by atoms with Crippen LogP contribution in [0.4, 0.5) is 0 Å². The number of amides is 2. The van der Waals surface area contributed by atoms with Crippen molar-refractivity contribution in [2.45, 2.75) is 20.8 Å². The van der Waals surface area contributed by atoms with Gasteiger partial charge in [0.05, 0.1) is 4.99 Å². The lowest BCUT2D eigenvalue weighted by molar-refractivity contribution is -0.127. The lowest BCUT2D eigenvalue weighted by Crippen LogP contribution is -2.17. The molecular formula is C12H27N3O2S. The van der Waals surface area contributed by atoms with Crippen molar-refractivity contribution in [3.8, 4) is 0 Å². The first kappa shape index (κ1) is 22.0. The number of rotatable bonds is 0. The molecule has 0 aromatic heterocycles. The van der Waals surface area contributed by atoms with E-state index in [9.17, 15) is 9.59 Å². The summed E-state index contributed by atoms with van der Waals surface area (Å²) < 4.78 is 0. The van der Waals surface area contributed by atoms with E-state index in [2.05, 4.69) is 0 Å². The average Bonchev–Trinajstić information content (AvgIpc) is 2.18. The van der Waals surface area contributed by atoms with Gasteiger partial charge in [0.2, 0.25) is 11.8 Å². The van der Waals surface area contributed by atoms with Gasteiger partial charge in [-0.05, 0) is 6.92 Å². The molecule has 2 amide bonds. The van der Waals surface area contributed by atoms with E-state index in [-0.39, 0.29) is 11.8 Å². The average molecular weight is 277 g/mol. The summed E-state index contributed by atoms with van der Waals surface area (Å²) in [5, 5.41) is 0. The van der Waals surface area contributed by atoms with Crippen LogP contribution in [0.3, 0.4) is 0 Å². The van der Waals surface area contributed by atoms with Crippen LogP contribution in [0.2, 0.25) is 0 Å². The van der Waals surface area contributed by atoms with Crippen LogP contribution < -0.4 is 0 Å². The van der Waals surface area contributed by atoms with E-state index in [0.29, 0.717) is 0 Å². The monoisotopic (exact) mass is 277 g/mol. The highest BCUT2D eigenvalue weighted by Gasteiger charge is 1.88. The normalized spacial score (nSPS) is 7.83. The van der Waals surface area contributed by atoms with Crippen molar-refractivity contribution in [2.24, 2.45) is 0 Å². The van der Waals surface area contributed by atoms with E-state index in [0.717, 1.165) is 4.99 Å². The first-order chi connectivity index (χ1) is 7.93. The third kappa shape index (κ3) is 24.2. The van der Waals surface area contributed by atoms with Crippen molar-refractivity contribution in [3.63, 3.8) is 0 Å². The molecule has 0 saturated heterocycles. The molecule has 0 radical (unpaired) electrons. The summed E-state index contributed by atoms with van der Waals surface area (Å²) in [5.74, 6) is 0.185. The van der Waals surface area contributed by atoms with Crippen LogP contribution in [0.15, 0.2) is 0 Å². The first-order valence-electron chi connectivity index (χ1n) is 5.47. The molecule has 0 aromatic carbocycles. The van der Waals surface area contributed by atoms with Crippen molar-refractivity contribution >= 4 is 29.0 Å². The maximum atomic E-state index is 10.1. The molecule has 5 nitrogen and oxygen atoms in total. The molecule has 6 heteroatoms. The Morgan fingerprint density at radius 1 is 0.667 bits per heavy atom. The van der Waals surface area contributed by atoms with Gasteiger partial charge in [-0.25, -0.2) is 0 Å². The quantitative estimate of drug-likeness (QED) is 0.622. The third-order valence-corrected chi connectivity index (χ3v) is 2.25. The zero-order valence-corrected chi connectivity index (χ0v) is 13.9. The highest BCUT2D eigenvalue weighted by molar-refractivity contribution is 7.80. The number of thiocarbonyl (C=S) groups is 1. The van der Waals surface area contributed by atoms with E-state index >= 15 is 0 Å². The topological polar surface area (TPSA) is 43.9 Å². The number of carbonyl (C=O) groups is 2. The predicted octanol–water partition coefficient (Wildman–Crippen LogP) is 1.08. The molecule has 0 aliphatic rings. The van der Waals surface area contributed by atoms with Crippen LogP contribution in [-0.2, 0) is 9.59 Å². The summed E-state index contributed by atoms with van der Waals surface area (Å²) in [6.07, 6.45) is 0. The smallest absolute Gasteiger partial charge is 0.218 e. The predicted molar refractivity (Wildman–Crippen MR) is 80.7 cm³/mol. The zero-order valence-electron chi connectivity index (χ0n) is 13.1. The maximum Gasteiger partial charge on any atom is 0.218 e. The van der Waals surface area contributed by atoms with Crippen LogP contribution in [0, 0.1) is 0 Å². The fourth-order valence-corrected chi connectivity index (χ4v) is 0. The minimum absolute atomic E-state index is 0.0926. The molecule has 0 unspecified atom stereocenters. The van der Waals surface area contributed by atoms with Crippen LogP contribution >= 0.6 is 12.2 Å². The van der Waals surface area contributed by atoms with E-state index in [1.807, 2.05) is 25.9 Å². The highest BCUT2D eigenvalue weighted by Crippen LogP contribution is 1.76. The number of hydrogen-bond acceptors (Lipinski definition) is 3. The molecule has 0 aromatic rings. The summed E-state index contributed by atoms with van der Waals surface area (Å²) in [6, 6.07) is 0. The summed E-state index contributed by atoms with van der Waals surface area (Å²) >= 11 is 4.75. The van der Waals surface area contributed by atoms with Gasteiger partial charge < -0.3 is 14.7 Å². The summed E-state index contributed by atoms with van der Waals surface area (Å²) in [5.41, 5.74) is 0. The number of hydrogen-bond donors (Lipinski definition) is 0. The molecule has 0 aliphatic heterocycles. The van der Waals surface area contributed by atoms with Crippen LogP contribution in [0.1, 0.15) is 20.8 Å². The standard InChI is InChI=1S/2C4H9NO.C4H9NS/c3*1-4(6)5(2)3/h3*1-3H3. The molecule has 0 atom stereocenters. The molecule has 0 spiro atoms. The Balaban J connectivity index is -0.000000187. The number of nitrogens with zero attached hydrogens (tertiary/aromatic N) is 3. The molecule has 0 saturated carbocycles. The Hall–Kier alpha value is -1.17. The molecule has 0 rings (SSSR count). The van der Waals surface area contributed by atoms with E-state index in [4.69, 9.17) is 12.2 Å². The fourth-order valence-electron chi connectivity index (χ4n) is 0. The van der Waals surface area contributed by atoms with Gasteiger partial charge in [0.15, 0.2) is 0 Å². The molecule has 0 heterocycles. The Morgan fingerprint density at radius 3 is 0.778 bits per heavy atom. The van der Waals surface area contributed by atoms with Crippen molar-refractivity contribution in [2.75, 3.05) is 42.3 Å².